The Morgan fingerprint density at radius 3 is 2.27 bits per heavy atom. The van der Waals surface area contributed by atoms with Crippen LogP contribution in [-0.4, -0.2) is 30.6 Å². The maximum atomic E-state index is 12.3. The van der Waals surface area contributed by atoms with Crippen molar-refractivity contribution in [1.29, 1.82) is 0 Å². The van der Waals surface area contributed by atoms with Crippen LogP contribution in [0.15, 0.2) is 72.4 Å². The fraction of sp³-hybridized carbons (Fsp3) is 0.576. The zero-order valence-corrected chi connectivity index (χ0v) is 23.1. The van der Waals surface area contributed by atoms with Gasteiger partial charge in [0, 0.05) is 12.3 Å². The first kappa shape index (κ1) is 30.8. The van der Waals surface area contributed by atoms with E-state index in [9.17, 15) is 9.59 Å². The molecule has 0 aromatic heterocycles. The third kappa shape index (κ3) is 13.6. The Balaban J connectivity index is 1.50. The number of carbonyl (C=O) groups is 2. The van der Waals surface area contributed by atoms with Gasteiger partial charge in [0.25, 0.3) is 0 Å². The number of rotatable bonds is 17. The lowest BCUT2D eigenvalue weighted by molar-refractivity contribution is -0.151. The van der Waals surface area contributed by atoms with Crippen molar-refractivity contribution in [1.82, 2.24) is 0 Å². The standard InChI is InChI=1S/C33H48O4/c1-3-4-5-6-7-8-9-10-11-12-13-14-15-16-17-18-19-24-32(35)36-27-29-25-26-31(34)33(37-29)30-23-21-20-22-28(30)2/h7-8,10-11,13-14,16-17,22,25-26,29-30,33H,3-6,9,12,15,18-21,23-24,27H2,1-2H3/b8-7-,11-10-,14-13-,17-16-/t29-,30?,33+/m0/s1. The van der Waals surface area contributed by atoms with Gasteiger partial charge in [0.05, 0.1) is 0 Å². The van der Waals surface area contributed by atoms with Gasteiger partial charge in [-0.1, -0.05) is 80.0 Å². The van der Waals surface area contributed by atoms with Gasteiger partial charge >= 0.3 is 5.97 Å². The van der Waals surface area contributed by atoms with E-state index in [1.165, 1.54) is 31.3 Å². The third-order valence-corrected chi connectivity index (χ3v) is 6.83. The first-order valence-corrected chi connectivity index (χ1v) is 14.4. The highest BCUT2D eigenvalue weighted by molar-refractivity contribution is 5.94. The van der Waals surface area contributed by atoms with Gasteiger partial charge < -0.3 is 9.47 Å². The van der Waals surface area contributed by atoms with Gasteiger partial charge in [0.1, 0.15) is 18.8 Å². The first-order valence-electron chi connectivity index (χ1n) is 14.4. The molecule has 4 nitrogen and oxygen atoms in total. The summed E-state index contributed by atoms with van der Waals surface area (Å²) in [6.07, 6.45) is 35.5. The smallest absolute Gasteiger partial charge is 0.305 e. The van der Waals surface area contributed by atoms with Crippen LogP contribution in [0.1, 0.15) is 97.3 Å². The number of ketones is 1. The predicted molar refractivity (Wildman–Crippen MR) is 153 cm³/mol. The second-order valence-corrected chi connectivity index (χ2v) is 10.0. The van der Waals surface area contributed by atoms with E-state index in [1.807, 2.05) is 0 Å². The van der Waals surface area contributed by atoms with Gasteiger partial charge in [0.2, 0.25) is 0 Å². The zero-order chi connectivity index (χ0) is 26.6. The molecule has 37 heavy (non-hydrogen) atoms. The summed E-state index contributed by atoms with van der Waals surface area (Å²) in [5.74, 6) is -0.0637. The number of hydrogen-bond acceptors (Lipinski definition) is 4. The molecule has 2 rings (SSSR count). The minimum atomic E-state index is -0.456. The maximum absolute atomic E-state index is 12.3. The molecule has 1 aliphatic carbocycles. The Labute approximate surface area is 225 Å². The molecule has 0 fully saturated rings. The summed E-state index contributed by atoms with van der Waals surface area (Å²) < 4.78 is 11.4. The molecule has 0 saturated heterocycles. The maximum Gasteiger partial charge on any atom is 0.305 e. The van der Waals surface area contributed by atoms with Gasteiger partial charge in [-0.05, 0) is 83.3 Å². The Morgan fingerprint density at radius 2 is 1.62 bits per heavy atom. The monoisotopic (exact) mass is 508 g/mol. The lowest BCUT2D eigenvalue weighted by atomic mass is 9.82. The third-order valence-electron chi connectivity index (χ3n) is 6.83. The van der Waals surface area contributed by atoms with Crippen LogP contribution in [-0.2, 0) is 19.1 Å². The molecule has 2 aliphatic rings. The van der Waals surface area contributed by atoms with Crippen LogP contribution in [0.5, 0.6) is 0 Å². The highest BCUT2D eigenvalue weighted by atomic mass is 16.6. The summed E-state index contributed by atoms with van der Waals surface area (Å²) in [5.41, 5.74) is 1.23. The largest absolute Gasteiger partial charge is 0.463 e. The number of carbonyl (C=O) groups excluding carboxylic acids is 2. The van der Waals surface area contributed by atoms with Crippen molar-refractivity contribution >= 4 is 11.8 Å². The Morgan fingerprint density at radius 1 is 0.973 bits per heavy atom. The molecule has 0 bridgehead atoms. The van der Waals surface area contributed by atoms with E-state index >= 15 is 0 Å². The zero-order valence-electron chi connectivity index (χ0n) is 23.1. The van der Waals surface area contributed by atoms with E-state index in [4.69, 9.17) is 9.47 Å². The van der Waals surface area contributed by atoms with E-state index in [-0.39, 0.29) is 30.4 Å². The van der Waals surface area contributed by atoms with Crippen LogP contribution < -0.4 is 0 Å². The molecule has 0 saturated carbocycles. The Kier molecular flexibility index (Phi) is 16.3. The van der Waals surface area contributed by atoms with E-state index in [0.29, 0.717) is 6.42 Å². The molecule has 3 atom stereocenters. The fourth-order valence-electron chi connectivity index (χ4n) is 4.59. The van der Waals surface area contributed by atoms with Crippen LogP contribution in [0, 0.1) is 5.92 Å². The summed E-state index contributed by atoms with van der Waals surface area (Å²) >= 11 is 0. The van der Waals surface area contributed by atoms with E-state index in [0.717, 1.165) is 51.4 Å². The topological polar surface area (TPSA) is 52.6 Å². The van der Waals surface area contributed by atoms with E-state index < -0.39 is 6.10 Å². The highest BCUT2D eigenvalue weighted by Gasteiger charge is 2.34. The SMILES string of the molecule is CCCCC/C=C\C/C=C\C/C=C\C/C=C\CCCC(=O)OC[C@@H]1C=CC(=O)[C@@H](C2CCCC=C2C)O1. The second kappa shape index (κ2) is 19.6. The highest BCUT2D eigenvalue weighted by Crippen LogP contribution is 2.31. The van der Waals surface area contributed by atoms with Crippen LogP contribution in [0.2, 0.25) is 0 Å². The predicted octanol–water partition coefficient (Wildman–Crippen LogP) is 8.31. The quantitative estimate of drug-likeness (QED) is 0.113. The lowest BCUT2D eigenvalue weighted by Gasteiger charge is -2.33. The van der Waals surface area contributed by atoms with Crippen molar-refractivity contribution in [2.24, 2.45) is 5.92 Å². The van der Waals surface area contributed by atoms with Crippen LogP contribution in [0.3, 0.4) is 0 Å². The van der Waals surface area contributed by atoms with Crippen molar-refractivity contribution in [3.8, 4) is 0 Å². The molecule has 0 radical (unpaired) electrons. The molecule has 0 N–H and O–H groups in total. The van der Waals surface area contributed by atoms with Gasteiger partial charge in [-0.2, -0.15) is 0 Å². The molecule has 1 aliphatic heterocycles. The Hall–Kier alpha value is -2.46. The summed E-state index contributed by atoms with van der Waals surface area (Å²) in [5, 5.41) is 0. The minimum absolute atomic E-state index is 0.0150. The van der Waals surface area contributed by atoms with E-state index in [2.05, 4.69) is 68.5 Å². The minimum Gasteiger partial charge on any atom is -0.463 e. The number of esters is 1. The normalized spacial score (nSPS) is 22.6. The van der Waals surface area contributed by atoms with Crippen LogP contribution in [0.4, 0.5) is 0 Å². The molecule has 0 aromatic rings. The molecular weight excluding hydrogens is 460 g/mol. The number of hydrogen-bond donors (Lipinski definition) is 0. The second-order valence-electron chi connectivity index (χ2n) is 10.0. The molecule has 1 unspecified atom stereocenters. The molecular formula is C33H48O4. The average Bonchev–Trinajstić information content (AvgIpc) is 2.90. The van der Waals surface area contributed by atoms with Crippen LogP contribution in [0.25, 0.3) is 0 Å². The summed E-state index contributed by atoms with van der Waals surface area (Å²) in [6.45, 7) is 4.48. The molecule has 0 spiro atoms. The van der Waals surface area contributed by atoms with Crippen molar-refractivity contribution in [3.63, 3.8) is 0 Å². The van der Waals surface area contributed by atoms with Crippen LogP contribution >= 0.6 is 0 Å². The molecule has 0 amide bonds. The summed E-state index contributed by atoms with van der Waals surface area (Å²) in [7, 11) is 0. The average molecular weight is 509 g/mol. The van der Waals surface area contributed by atoms with Crippen molar-refractivity contribution in [2.75, 3.05) is 6.61 Å². The summed E-state index contributed by atoms with van der Waals surface area (Å²) in [6, 6.07) is 0. The number of unbranched alkanes of at least 4 members (excludes halogenated alkanes) is 4. The van der Waals surface area contributed by atoms with Gasteiger partial charge in [0.15, 0.2) is 5.78 Å². The molecule has 4 heteroatoms. The summed E-state index contributed by atoms with van der Waals surface area (Å²) in [4.78, 5) is 24.5. The number of allylic oxidation sites excluding steroid dienone is 9. The first-order chi connectivity index (χ1) is 18.1. The fourth-order valence-corrected chi connectivity index (χ4v) is 4.59. The van der Waals surface area contributed by atoms with Gasteiger partial charge in [-0.25, -0.2) is 0 Å². The number of ether oxygens (including phenoxy) is 2. The van der Waals surface area contributed by atoms with Crippen molar-refractivity contribution in [2.45, 2.75) is 110 Å². The molecule has 204 valence electrons. The Bertz CT molecular complexity index is 842. The van der Waals surface area contributed by atoms with Gasteiger partial charge in [-0.15, -0.1) is 0 Å². The lowest BCUT2D eigenvalue weighted by Crippen LogP contribution is -2.40. The van der Waals surface area contributed by atoms with Gasteiger partial charge in [-0.3, -0.25) is 9.59 Å². The van der Waals surface area contributed by atoms with E-state index in [1.54, 1.807) is 12.2 Å². The molecule has 1 heterocycles. The molecule has 0 aromatic carbocycles. The van der Waals surface area contributed by atoms with Crippen molar-refractivity contribution < 1.29 is 19.1 Å². The van der Waals surface area contributed by atoms with Crippen molar-refractivity contribution in [3.05, 3.63) is 72.4 Å².